The van der Waals surface area contributed by atoms with Crippen LogP contribution in [-0.2, 0) is 4.79 Å². The van der Waals surface area contributed by atoms with Crippen molar-refractivity contribution < 1.29 is 4.79 Å². The van der Waals surface area contributed by atoms with Gasteiger partial charge in [-0.05, 0) is 31.2 Å². The Hall–Kier alpha value is -1.86. The number of nitrogens with two attached hydrogens (primary N) is 1. The number of H-pyrrole nitrogens is 1. The van der Waals surface area contributed by atoms with Crippen molar-refractivity contribution in [3.63, 3.8) is 0 Å². The van der Waals surface area contributed by atoms with Crippen LogP contribution in [0, 0.1) is 0 Å². The van der Waals surface area contributed by atoms with Crippen LogP contribution < -0.4 is 11.1 Å². The molecule has 19 heavy (non-hydrogen) atoms. The summed E-state index contributed by atoms with van der Waals surface area (Å²) in [6.45, 7) is 1.80. The van der Waals surface area contributed by atoms with E-state index in [9.17, 15) is 4.79 Å². The molecule has 1 aromatic heterocycles. The highest BCUT2D eigenvalue weighted by Gasteiger charge is 2.06. The highest BCUT2D eigenvalue weighted by molar-refractivity contribution is 7.99. The molecule has 0 saturated carbocycles. The molecule has 1 unspecified atom stereocenters. The lowest BCUT2D eigenvalue weighted by atomic mass is 10.2. The number of nitrogens with zero attached hydrogens (tertiary/aromatic N) is 2. The number of benzene rings is 1. The van der Waals surface area contributed by atoms with Crippen molar-refractivity contribution in [3.05, 3.63) is 30.6 Å². The summed E-state index contributed by atoms with van der Waals surface area (Å²) >= 11 is 1.47. The maximum atomic E-state index is 11.5. The van der Waals surface area contributed by atoms with E-state index in [1.807, 2.05) is 24.3 Å². The number of aromatic amines is 1. The van der Waals surface area contributed by atoms with Crippen molar-refractivity contribution in [1.82, 2.24) is 15.2 Å². The molecule has 1 heterocycles. The lowest BCUT2D eigenvalue weighted by Gasteiger charge is -2.07. The maximum absolute atomic E-state index is 11.5. The van der Waals surface area contributed by atoms with Crippen molar-refractivity contribution >= 4 is 23.4 Å². The molecule has 100 valence electrons. The fourth-order valence-electron chi connectivity index (χ4n) is 1.47. The average Bonchev–Trinajstić information content (AvgIpc) is 2.83. The molecule has 2 aromatic rings. The molecule has 2 rings (SSSR count). The molecule has 1 amide bonds. The number of rotatable bonds is 5. The van der Waals surface area contributed by atoms with E-state index in [0.29, 0.717) is 6.42 Å². The standard InChI is InChI=1S/C12H15N5OS/c1-8(13)6-11(18)16-9-2-4-10(5-3-9)19-12-14-7-15-17-12/h2-5,7-8H,6,13H2,1H3,(H,16,18)(H,14,15,17). The van der Waals surface area contributed by atoms with Gasteiger partial charge in [-0.1, -0.05) is 11.8 Å². The lowest BCUT2D eigenvalue weighted by molar-refractivity contribution is -0.116. The zero-order valence-electron chi connectivity index (χ0n) is 10.5. The van der Waals surface area contributed by atoms with E-state index in [-0.39, 0.29) is 11.9 Å². The summed E-state index contributed by atoms with van der Waals surface area (Å²) in [5.74, 6) is -0.0781. The van der Waals surface area contributed by atoms with Gasteiger partial charge in [-0.25, -0.2) is 4.98 Å². The van der Waals surface area contributed by atoms with Crippen LogP contribution in [0.25, 0.3) is 0 Å². The summed E-state index contributed by atoms with van der Waals surface area (Å²) in [5, 5.41) is 10.1. The molecule has 0 saturated heterocycles. The van der Waals surface area contributed by atoms with Gasteiger partial charge in [-0.2, -0.15) is 5.10 Å². The van der Waals surface area contributed by atoms with Crippen molar-refractivity contribution in [1.29, 1.82) is 0 Å². The molecule has 0 aliphatic carbocycles. The normalized spacial score (nSPS) is 12.1. The number of carbonyl (C=O) groups is 1. The summed E-state index contributed by atoms with van der Waals surface area (Å²) in [4.78, 5) is 16.6. The Bertz CT molecular complexity index is 524. The third-order valence-corrected chi connectivity index (χ3v) is 3.15. The van der Waals surface area contributed by atoms with Crippen LogP contribution in [0.4, 0.5) is 5.69 Å². The average molecular weight is 277 g/mol. The van der Waals surface area contributed by atoms with E-state index in [2.05, 4.69) is 20.5 Å². The minimum atomic E-state index is -0.138. The summed E-state index contributed by atoms with van der Waals surface area (Å²) in [5.41, 5.74) is 6.32. The van der Waals surface area contributed by atoms with Gasteiger partial charge in [0.1, 0.15) is 6.33 Å². The van der Waals surface area contributed by atoms with Gasteiger partial charge in [-0.15, -0.1) is 0 Å². The second-order valence-corrected chi connectivity index (χ2v) is 5.21. The number of hydrogen-bond acceptors (Lipinski definition) is 5. The largest absolute Gasteiger partial charge is 0.327 e. The van der Waals surface area contributed by atoms with Gasteiger partial charge in [0.15, 0.2) is 5.16 Å². The van der Waals surface area contributed by atoms with Crippen LogP contribution in [-0.4, -0.2) is 27.1 Å². The Morgan fingerprint density at radius 3 is 2.79 bits per heavy atom. The molecule has 1 aromatic carbocycles. The number of carbonyl (C=O) groups excluding carboxylic acids is 1. The molecule has 0 bridgehead atoms. The van der Waals surface area contributed by atoms with E-state index in [0.717, 1.165) is 15.7 Å². The second-order valence-electron chi connectivity index (χ2n) is 4.15. The Kier molecular flexibility index (Phi) is 4.53. The number of anilines is 1. The second kappa shape index (κ2) is 6.35. The summed E-state index contributed by atoms with van der Waals surface area (Å²) in [6, 6.07) is 7.38. The van der Waals surface area contributed by atoms with Crippen LogP contribution in [0.2, 0.25) is 0 Å². The van der Waals surface area contributed by atoms with Gasteiger partial charge in [0.25, 0.3) is 0 Å². The van der Waals surface area contributed by atoms with Crippen LogP contribution >= 0.6 is 11.8 Å². The maximum Gasteiger partial charge on any atom is 0.225 e. The third kappa shape index (κ3) is 4.38. The van der Waals surface area contributed by atoms with Crippen LogP contribution in [0.3, 0.4) is 0 Å². The summed E-state index contributed by atoms with van der Waals surface area (Å²) in [6.07, 6.45) is 1.78. The van der Waals surface area contributed by atoms with E-state index < -0.39 is 0 Å². The molecular weight excluding hydrogens is 262 g/mol. The molecular formula is C12H15N5OS. The fourth-order valence-corrected chi connectivity index (χ4v) is 2.16. The Balaban J connectivity index is 1.93. The Labute approximate surface area is 115 Å². The predicted molar refractivity (Wildman–Crippen MR) is 73.8 cm³/mol. The number of amides is 1. The van der Waals surface area contributed by atoms with E-state index >= 15 is 0 Å². The molecule has 0 aliphatic heterocycles. The topological polar surface area (TPSA) is 96.7 Å². The first-order valence-corrected chi connectivity index (χ1v) is 6.64. The van der Waals surface area contributed by atoms with Gasteiger partial charge in [0, 0.05) is 23.0 Å². The minimum Gasteiger partial charge on any atom is -0.327 e. The number of hydrogen-bond donors (Lipinski definition) is 3. The SMILES string of the molecule is CC(N)CC(=O)Nc1ccc(Sc2ncn[nH]2)cc1. The summed E-state index contributed by atoms with van der Waals surface area (Å²) in [7, 11) is 0. The fraction of sp³-hybridized carbons (Fsp3) is 0.250. The van der Waals surface area contributed by atoms with Gasteiger partial charge in [-0.3, -0.25) is 9.89 Å². The van der Waals surface area contributed by atoms with Gasteiger partial charge in [0.05, 0.1) is 0 Å². The van der Waals surface area contributed by atoms with E-state index in [4.69, 9.17) is 5.73 Å². The lowest BCUT2D eigenvalue weighted by Crippen LogP contribution is -2.23. The smallest absolute Gasteiger partial charge is 0.225 e. The first-order valence-electron chi connectivity index (χ1n) is 5.82. The van der Waals surface area contributed by atoms with Crippen molar-refractivity contribution in [2.75, 3.05) is 5.32 Å². The van der Waals surface area contributed by atoms with Crippen LogP contribution in [0.1, 0.15) is 13.3 Å². The van der Waals surface area contributed by atoms with E-state index in [1.54, 1.807) is 6.92 Å². The molecule has 1 atom stereocenters. The highest BCUT2D eigenvalue weighted by atomic mass is 32.2. The molecule has 0 fully saturated rings. The third-order valence-electron chi connectivity index (χ3n) is 2.25. The van der Waals surface area contributed by atoms with Gasteiger partial charge >= 0.3 is 0 Å². The Morgan fingerprint density at radius 2 is 2.21 bits per heavy atom. The molecule has 6 nitrogen and oxygen atoms in total. The van der Waals surface area contributed by atoms with Gasteiger partial charge in [0.2, 0.25) is 5.91 Å². The van der Waals surface area contributed by atoms with Crippen molar-refractivity contribution in [3.8, 4) is 0 Å². The zero-order valence-corrected chi connectivity index (χ0v) is 11.3. The first-order chi connectivity index (χ1) is 9.13. The van der Waals surface area contributed by atoms with Crippen LogP contribution in [0.15, 0.2) is 40.6 Å². The number of nitrogens with one attached hydrogen (secondary N) is 2. The molecule has 4 N–H and O–H groups in total. The van der Waals surface area contributed by atoms with Crippen molar-refractivity contribution in [2.24, 2.45) is 5.73 Å². The number of aromatic nitrogens is 3. The Morgan fingerprint density at radius 1 is 1.47 bits per heavy atom. The zero-order chi connectivity index (χ0) is 13.7. The van der Waals surface area contributed by atoms with Gasteiger partial charge < -0.3 is 11.1 Å². The summed E-state index contributed by atoms with van der Waals surface area (Å²) < 4.78 is 0. The molecule has 7 heteroatoms. The highest BCUT2D eigenvalue weighted by Crippen LogP contribution is 2.25. The molecule has 0 spiro atoms. The van der Waals surface area contributed by atoms with Crippen LogP contribution in [0.5, 0.6) is 0 Å². The van der Waals surface area contributed by atoms with E-state index in [1.165, 1.54) is 18.1 Å². The first kappa shape index (κ1) is 13.6. The minimum absolute atomic E-state index is 0.0781. The monoisotopic (exact) mass is 277 g/mol. The quantitative estimate of drug-likeness (QED) is 0.772. The molecule has 0 radical (unpaired) electrons. The molecule has 0 aliphatic rings. The predicted octanol–water partition coefficient (Wildman–Crippen LogP) is 1.63. The van der Waals surface area contributed by atoms with Crippen molar-refractivity contribution in [2.45, 2.75) is 29.4 Å².